The van der Waals surface area contributed by atoms with E-state index in [1.54, 1.807) is 44.6 Å². The topological polar surface area (TPSA) is 238 Å². The van der Waals surface area contributed by atoms with Crippen LogP contribution in [0, 0.1) is 0 Å². The minimum atomic E-state index is -1.33. The minimum Gasteiger partial charge on any atom is -0.548 e. The highest BCUT2D eigenvalue weighted by Gasteiger charge is 2.46. The van der Waals surface area contributed by atoms with Crippen molar-refractivity contribution < 1.29 is 71.8 Å². The first-order valence-corrected chi connectivity index (χ1v) is 27.8. The molecule has 0 spiro atoms. The predicted molar refractivity (Wildman–Crippen MR) is 294 cm³/mol. The number of methoxy groups -OCH3 is 5. The number of likely N-dealkylation sites (tertiary alicyclic amines) is 1. The van der Waals surface area contributed by atoms with E-state index in [1.807, 2.05) is 43.3 Å². The molecule has 2 unspecified atom stereocenters. The van der Waals surface area contributed by atoms with Gasteiger partial charge in [0, 0.05) is 25.1 Å². The van der Waals surface area contributed by atoms with E-state index >= 15 is 0 Å². The van der Waals surface area contributed by atoms with Crippen LogP contribution in [0.15, 0.2) is 66.7 Å². The smallest absolute Gasteiger partial charge is 0.266 e. The van der Waals surface area contributed by atoms with Crippen molar-refractivity contribution in [1.82, 2.24) is 20.4 Å². The molecule has 2 fully saturated rings. The summed E-state index contributed by atoms with van der Waals surface area (Å²) in [5, 5.41) is 18.1. The number of hydrogen-bond acceptors (Lipinski definition) is 15. The highest BCUT2D eigenvalue weighted by molar-refractivity contribution is 6.24. The Bertz CT molecular complexity index is 2850. The molecule has 0 radical (unpaired) electrons. The van der Waals surface area contributed by atoms with Gasteiger partial charge in [-0.05, 0) is 123 Å². The summed E-state index contributed by atoms with van der Waals surface area (Å²) in [5.41, 5.74) is 3.86. The molecule has 4 aromatic rings. The monoisotopic (exact) mass is 1100 g/mol. The van der Waals surface area contributed by atoms with Crippen LogP contribution in [-0.4, -0.2) is 125 Å². The number of carbonyl (C=O) groups is 7. The molecule has 4 atom stereocenters. The maximum Gasteiger partial charge on any atom is 0.266 e. The van der Waals surface area contributed by atoms with Crippen molar-refractivity contribution in [2.24, 2.45) is 0 Å². The number of unbranched alkanes of at least 4 members (excludes halogenated alkanes) is 7. The number of carbonyl (C=O) groups excluding carboxylic acids is 7. The quantitative estimate of drug-likeness (QED) is 0.0394. The number of aryl methyl sites for hydroxylation is 2. The third-order valence-electron chi connectivity index (χ3n) is 15.3. The zero-order chi connectivity index (χ0) is 57.3. The summed E-state index contributed by atoms with van der Waals surface area (Å²) >= 11 is 0. The first-order valence-electron chi connectivity index (χ1n) is 27.8. The van der Waals surface area contributed by atoms with E-state index in [0.29, 0.717) is 84.6 Å². The van der Waals surface area contributed by atoms with Crippen LogP contribution in [0.3, 0.4) is 0 Å². The zero-order valence-corrected chi connectivity index (χ0v) is 46.8. The number of amides is 6. The lowest BCUT2D eigenvalue weighted by Gasteiger charge is -2.42. The Labute approximate surface area is 467 Å². The van der Waals surface area contributed by atoms with E-state index in [2.05, 4.69) is 10.6 Å². The van der Waals surface area contributed by atoms with E-state index in [1.165, 1.54) is 26.2 Å². The fourth-order valence-electron chi connectivity index (χ4n) is 11.2. The number of benzene rings is 4. The normalized spacial score (nSPS) is 17.3. The largest absolute Gasteiger partial charge is 0.548 e. The number of rotatable bonds is 30. The molecule has 80 heavy (non-hydrogen) atoms. The molecule has 0 aliphatic carbocycles. The van der Waals surface area contributed by atoms with Gasteiger partial charge in [0.15, 0.2) is 29.6 Å². The van der Waals surface area contributed by atoms with Crippen molar-refractivity contribution in [1.29, 1.82) is 0 Å². The third-order valence-corrected chi connectivity index (χ3v) is 15.3. The SMILES string of the molecule is CC[C@H](C(=O)N1CCC(c2c(CCCc3cccc(OCC(=O)NCCCCCCCCCCOc4cccc5c4C(=O)N(C4CCC(=O)NC4=O)C5=O)c3)ccc(OC)c2OC)C[C@H]1C(=O)[O-])c1cc(OC)c(OC)c(OC)c1. The third kappa shape index (κ3) is 14.3. The van der Waals surface area contributed by atoms with Crippen LogP contribution in [-0.2, 0) is 36.8 Å². The summed E-state index contributed by atoms with van der Waals surface area (Å²) in [6.07, 6.45) is 11.0. The van der Waals surface area contributed by atoms with Crippen molar-refractivity contribution >= 4 is 41.4 Å². The van der Waals surface area contributed by atoms with Crippen LogP contribution in [0.25, 0.3) is 0 Å². The van der Waals surface area contributed by atoms with E-state index in [0.717, 1.165) is 79.4 Å². The standard InChI is InChI=1S/C61H76N4O15/c1-7-43(41-35-49(75-3)55(77-5)50(36-41)76-4)58(69)64-31-29-40(34-46(64)61(72)73)53-39(25-27-48(74-2)56(53)78-6)21-16-19-38-20-17-22-42(33-38)80-37-52(67)62-30-14-12-10-8-9-11-13-15-32-79-47-24-18-23-44-54(47)60(71)65(59(44)70)45-26-28-51(66)63-57(45)68/h17-18,20,22-25,27,33,35-36,40,43,45-46H,7-16,19,21,26,28-32,34,37H2,1-6H3,(H,62,67)(H,72,73)(H,63,66,68)/p-1/t40?,43-,45?,46-/m0/s1. The number of ether oxygens (including phenoxy) is 7. The summed E-state index contributed by atoms with van der Waals surface area (Å²) < 4.78 is 40.1. The van der Waals surface area contributed by atoms with E-state index in [4.69, 9.17) is 33.2 Å². The summed E-state index contributed by atoms with van der Waals surface area (Å²) in [6, 6.07) is 17.6. The second-order valence-corrected chi connectivity index (χ2v) is 20.3. The molecule has 0 saturated carbocycles. The number of hydrogen-bond donors (Lipinski definition) is 2. The van der Waals surface area contributed by atoms with E-state index < -0.39 is 47.6 Å². The van der Waals surface area contributed by atoms with Gasteiger partial charge in [0.2, 0.25) is 23.5 Å². The van der Waals surface area contributed by atoms with Gasteiger partial charge in [0.1, 0.15) is 17.5 Å². The highest BCUT2D eigenvalue weighted by atomic mass is 16.5. The Morgan fingerprint density at radius 2 is 1.40 bits per heavy atom. The molecule has 6 amide bonds. The summed E-state index contributed by atoms with van der Waals surface area (Å²) in [5.74, 6) is -1.86. The van der Waals surface area contributed by atoms with Gasteiger partial charge in [-0.15, -0.1) is 0 Å². The maximum atomic E-state index is 14.3. The van der Waals surface area contributed by atoms with Gasteiger partial charge in [0.25, 0.3) is 17.7 Å². The van der Waals surface area contributed by atoms with Crippen molar-refractivity contribution in [3.63, 3.8) is 0 Å². The molecule has 2 N–H and O–H groups in total. The number of carboxylic acids is 1. The van der Waals surface area contributed by atoms with Crippen LogP contribution in [0.4, 0.5) is 0 Å². The molecule has 0 bridgehead atoms. The lowest BCUT2D eigenvalue weighted by atomic mass is 9.80. The first kappa shape index (κ1) is 59.8. The van der Waals surface area contributed by atoms with Crippen LogP contribution >= 0.6 is 0 Å². The van der Waals surface area contributed by atoms with Crippen LogP contribution in [0.5, 0.6) is 40.2 Å². The van der Waals surface area contributed by atoms with Crippen molar-refractivity contribution in [3.05, 3.63) is 100 Å². The number of imide groups is 2. The molecule has 2 saturated heterocycles. The molecule has 4 aromatic carbocycles. The Kier molecular flexibility index (Phi) is 21.6. The lowest BCUT2D eigenvalue weighted by Crippen LogP contribution is -2.55. The fraction of sp³-hybridized carbons (Fsp3) is 0.492. The molecular weight excluding hydrogens is 1030 g/mol. The van der Waals surface area contributed by atoms with Crippen molar-refractivity contribution in [2.45, 2.75) is 134 Å². The Balaban J connectivity index is 0.807. The second-order valence-electron chi connectivity index (χ2n) is 20.3. The number of carboxylic acid groups (broad SMARTS) is 1. The average molecular weight is 1100 g/mol. The molecule has 19 nitrogen and oxygen atoms in total. The number of aliphatic carboxylic acids is 1. The number of nitrogens with zero attached hydrogens (tertiary/aromatic N) is 2. The second kappa shape index (κ2) is 28.9. The fourth-order valence-corrected chi connectivity index (χ4v) is 11.2. The van der Waals surface area contributed by atoms with Crippen LogP contribution < -0.4 is 48.9 Å². The highest BCUT2D eigenvalue weighted by Crippen LogP contribution is 2.46. The minimum absolute atomic E-state index is 0.0547. The molecule has 19 heteroatoms. The average Bonchev–Trinajstić information content (AvgIpc) is 3.73. The summed E-state index contributed by atoms with van der Waals surface area (Å²) in [4.78, 5) is 92.8. The Hall–Kier alpha value is -7.83. The first-order chi connectivity index (χ1) is 38.8. The maximum absolute atomic E-state index is 14.3. The summed E-state index contributed by atoms with van der Waals surface area (Å²) in [7, 11) is 7.64. The number of nitrogens with one attached hydrogen (secondary N) is 2. The van der Waals surface area contributed by atoms with Gasteiger partial charge < -0.3 is 53.3 Å². The molecule has 7 rings (SSSR count). The predicted octanol–water partition coefficient (Wildman–Crippen LogP) is 7.02. The molecule has 3 aliphatic rings. The number of piperidine rings is 2. The van der Waals surface area contributed by atoms with Gasteiger partial charge in [-0.2, -0.15) is 0 Å². The Morgan fingerprint density at radius 1 is 0.713 bits per heavy atom. The van der Waals surface area contributed by atoms with Gasteiger partial charge >= 0.3 is 0 Å². The number of fused-ring (bicyclic) bond motifs is 1. The van der Waals surface area contributed by atoms with Crippen molar-refractivity contribution in [3.8, 4) is 40.2 Å². The van der Waals surface area contributed by atoms with Gasteiger partial charge in [0.05, 0.1) is 71.2 Å². The summed E-state index contributed by atoms with van der Waals surface area (Å²) in [6.45, 7) is 2.89. The van der Waals surface area contributed by atoms with E-state index in [9.17, 15) is 38.7 Å². The zero-order valence-electron chi connectivity index (χ0n) is 46.8. The molecule has 3 heterocycles. The molecule has 430 valence electrons. The molecule has 3 aliphatic heterocycles. The molecule has 0 aromatic heterocycles. The van der Waals surface area contributed by atoms with E-state index in [-0.39, 0.29) is 61.3 Å². The molecular formula is C61H75N4O15-. The Morgan fingerprint density at radius 3 is 2.06 bits per heavy atom. The van der Waals surface area contributed by atoms with Crippen LogP contribution in [0.2, 0.25) is 0 Å². The van der Waals surface area contributed by atoms with Gasteiger partial charge in [-0.1, -0.05) is 69.7 Å². The van der Waals surface area contributed by atoms with Gasteiger partial charge in [-0.25, -0.2) is 0 Å². The van der Waals surface area contributed by atoms with Crippen molar-refractivity contribution in [2.75, 3.05) is 61.9 Å². The lowest BCUT2D eigenvalue weighted by molar-refractivity contribution is -0.312. The van der Waals surface area contributed by atoms with Crippen LogP contribution in [0.1, 0.15) is 152 Å². The van der Waals surface area contributed by atoms with Gasteiger partial charge in [-0.3, -0.25) is 39.0 Å².